The first-order chi connectivity index (χ1) is 14.5. The summed E-state index contributed by atoms with van der Waals surface area (Å²) in [4.78, 5) is 43.0. The highest BCUT2D eigenvalue weighted by molar-refractivity contribution is 8.18. The molecule has 2 saturated heterocycles. The predicted octanol–water partition coefficient (Wildman–Crippen LogP) is 3.21. The molecule has 7 nitrogen and oxygen atoms in total. The Morgan fingerprint density at radius 3 is 2.33 bits per heavy atom. The minimum atomic E-state index is -0.399. The zero-order chi connectivity index (χ0) is 21.5. The molecule has 162 valence electrons. The SMILES string of the molecule is CCCN(CCC)C(=O)CN1C(=O)S/C(=C\c2ccc(N3CCOCC3)cc2)C1=O. The van der Waals surface area contributed by atoms with Crippen LogP contribution in [0.3, 0.4) is 0 Å². The Hall–Kier alpha value is -2.32. The largest absolute Gasteiger partial charge is 0.378 e. The van der Waals surface area contributed by atoms with Gasteiger partial charge in [0.1, 0.15) is 6.54 Å². The van der Waals surface area contributed by atoms with E-state index in [2.05, 4.69) is 4.90 Å². The molecule has 8 heteroatoms. The molecule has 3 amide bonds. The molecule has 1 aromatic rings. The van der Waals surface area contributed by atoms with Crippen molar-refractivity contribution >= 4 is 40.6 Å². The summed E-state index contributed by atoms with van der Waals surface area (Å²) in [6.45, 7) is 8.24. The van der Waals surface area contributed by atoms with Gasteiger partial charge in [0.05, 0.1) is 18.1 Å². The zero-order valence-electron chi connectivity index (χ0n) is 17.6. The molecule has 0 spiro atoms. The van der Waals surface area contributed by atoms with Crippen LogP contribution in [-0.2, 0) is 14.3 Å². The average Bonchev–Trinajstić information content (AvgIpc) is 3.02. The molecule has 2 aliphatic heterocycles. The number of carbonyl (C=O) groups excluding carboxylic acids is 3. The second-order valence-corrected chi connectivity index (χ2v) is 8.33. The molecule has 2 heterocycles. The van der Waals surface area contributed by atoms with Crippen molar-refractivity contribution in [3.05, 3.63) is 34.7 Å². The van der Waals surface area contributed by atoms with Gasteiger partial charge in [-0.2, -0.15) is 0 Å². The van der Waals surface area contributed by atoms with Crippen molar-refractivity contribution in [2.75, 3.05) is 50.8 Å². The molecule has 3 rings (SSSR count). The summed E-state index contributed by atoms with van der Waals surface area (Å²) in [5, 5.41) is -0.391. The van der Waals surface area contributed by atoms with E-state index in [4.69, 9.17) is 4.74 Å². The lowest BCUT2D eigenvalue weighted by molar-refractivity contribution is -0.135. The Balaban J connectivity index is 1.66. The summed E-state index contributed by atoms with van der Waals surface area (Å²) in [6, 6.07) is 7.90. The van der Waals surface area contributed by atoms with Gasteiger partial charge in [0.15, 0.2) is 0 Å². The molecule has 0 N–H and O–H groups in total. The first kappa shape index (κ1) is 22.4. The van der Waals surface area contributed by atoms with E-state index in [9.17, 15) is 14.4 Å². The summed E-state index contributed by atoms with van der Waals surface area (Å²) in [6.07, 6.45) is 3.40. The average molecular weight is 432 g/mol. The molecular weight excluding hydrogens is 402 g/mol. The lowest BCUT2D eigenvalue weighted by Gasteiger charge is -2.28. The number of carbonyl (C=O) groups is 3. The van der Waals surface area contributed by atoms with Crippen LogP contribution in [0, 0.1) is 0 Å². The number of imide groups is 1. The first-order valence-electron chi connectivity index (χ1n) is 10.5. The normalized spacial score (nSPS) is 18.4. The molecule has 1 aromatic carbocycles. The van der Waals surface area contributed by atoms with Crippen LogP contribution in [0.5, 0.6) is 0 Å². The van der Waals surface area contributed by atoms with Crippen LogP contribution < -0.4 is 4.90 Å². The molecule has 0 saturated carbocycles. The molecule has 30 heavy (non-hydrogen) atoms. The Morgan fingerprint density at radius 1 is 1.10 bits per heavy atom. The molecule has 0 unspecified atom stereocenters. The van der Waals surface area contributed by atoms with Crippen LogP contribution in [0.15, 0.2) is 29.2 Å². The maximum atomic E-state index is 12.7. The van der Waals surface area contributed by atoms with Gasteiger partial charge in [-0.25, -0.2) is 0 Å². The minimum Gasteiger partial charge on any atom is -0.378 e. The monoisotopic (exact) mass is 431 g/mol. The van der Waals surface area contributed by atoms with E-state index in [0.717, 1.165) is 67.1 Å². The van der Waals surface area contributed by atoms with Crippen molar-refractivity contribution in [2.24, 2.45) is 0 Å². The van der Waals surface area contributed by atoms with E-state index in [1.807, 2.05) is 38.1 Å². The van der Waals surface area contributed by atoms with Gasteiger partial charge in [0.25, 0.3) is 11.1 Å². The zero-order valence-corrected chi connectivity index (χ0v) is 18.5. The van der Waals surface area contributed by atoms with Gasteiger partial charge in [-0.1, -0.05) is 26.0 Å². The Bertz CT molecular complexity index is 797. The second-order valence-electron chi connectivity index (χ2n) is 7.34. The number of ether oxygens (including phenoxy) is 1. The minimum absolute atomic E-state index is 0.183. The first-order valence-corrected chi connectivity index (χ1v) is 11.3. The van der Waals surface area contributed by atoms with Crippen molar-refractivity contribution < 1.29 is 19.1 Å². The van der Waals surface area contributed by atoms with E-state index in [0.29, 0.717) is 18.0 Å². The van der Waals surface area contributed by atoms with Gasteiger partial charge >= 0.3 is 0 Å². The summed E-state index contributed by atoms with van der Waals surface area (Å²) < 4.78 is 5.38. The Kier molecular flexibility index (Phi) is 7.93. The van der Waals surface area contributed by atoms with Crippen LogP contribution in [0.2, 0.25) is 0 Å². The lowest BCUT2D eigenvalue weighted by atomic mass is 10.1. The van der Waals surface area contributed by atoms with Crippen LogP contribution in [0.1, 0.15) is 32.3 Å². The van der Waals surface area contributed by atoms with Crippen molar-refractivity contribution in [1.82, 2.24) is 9.80 Å². The molecule has 0 aromatic heterocycles. The fourth-order valence-electron chi connectivity index (χ4n) is 3.53. The van der Waals surface area contributed by atoms with E-state index in [1.165, 1.54) is 0 Å². The number of amides is 3. The number of benzene rings is 1. The molecular formula is C22H29N3O4S. The molecule has 0 aliphatic carbocycles. The van der Waals surface area contributed by atoms with Crippen molar-refractivity contribution in [2.45, 2.75) is 26.7 Å². The van der Waals surface area contributed by atoms with Gasteiger partial charge < -0.3 is 14.5 Å². The van der Waals surface area contributed by atoms with Gasteiger partial charge in [0, 0.05) is 31.9 Å². The number of morpholine rings is 1. The molecule has 0 atom stereocenters. The smallest absolute Gasteiger partial charge is 0.294 e. The van der Waals surface area contributed by atoms with Gasteiger partial charge in [-0.05, 0) is 48.4 Å². The van der Waals surface area contributed by atoms with Crippen molar-refractivity contribution in [3.63, 3.8) is 0 Å². The quantitative estimate of drug-likeness (QED) is 0.589. The molecule has 2 aliphatic rings. The van der Waals surface area contributed by atoms with E-state index >= 15 is 0 Å². The summed E-state index contributed by atoms with van der Waals surface area (Å²) >= 11 is 0.890. The molecule has 0 radical (unpaired) electrons. The van der Waals surface area contributed by atoms with Crippen molar-refractivity contribution in [3.8, 4) is 0 Å². The number of thioether (sulfide) groups is 1. The highest BCUT2D eigenvalue weighted by Gasteiger charge is 2.37. The molecule has 2 fully saturated rings. The maximum Gasteiger partial charge on any atom is 0.294 e. The highest BCUT2D eigenvalue weighted by Crippen LogP contribution is 2.32. The van der Waals surface area contributed by atoms with E-state index in [-0.39, 0.29) is 12.5 Å². The number of hydrogen-bond acceptors (Lipinski definition) is 6. The highest BCUT2D eigenvalue weighted by atomic mass is 32.2. The van der Waals surface area contributed by atoms with Crippen molar-refractivity contribution in [1.29, 1.82) is 0 Å². The predicted molar refractivity (Wildman–Crippen MR) is 119 cm³/mol. The van der Waals surface area contributed by atoms with Crippen LogP contribution in [0.4, 0.5) is 10.5 Å². The van der Waals surface area contributed by atoms with Crippen LogP contribution in [-0.4, -0.2) is 72.8 Å². The van der Waals surface area contributed by atoms with Gasteiger partial charge in [-0.3, -0.25) is 19.3 Å². The maximum absolute atomic E-state index is 12.7. The Labute approximate surface area is 182 Å². The molecule has 0 bridgehead atoms. The number of nitrogens with zero attached hydrogens (tertiary/aromatic N) is 3. The third-order valence-electron chi connectivity index (χ3n) is 5.07. The topological polar surface area (TPSA) is 70.2 Å². The summed E-state index contributed by atoms with van der Waals surface area (Å²) in [5.74, 6) is -0.583. The van der Waals surface area contributed by atoms with Gasteiger partial charge in [-0.15, -0.1) is 0 Å². The fourth-order valence-corrected chi connectivity index (χ4v) is 4.37. The van der Waals surface area contributed by atoms with Crippen LogP contribution >= 0.6 is 11.8 Å². The van der Waals surface area contributed by atoms with Gasteiger partial charge in [0.2, 0.25) is 5.91 Å². The lowest BCUT2D eigenvalue weighted by Crippen LogP contribution is -2.42. The number of rotatable bonds is 8. The fraction of sp³-hybridized carbons (Fsp3) is 0.500. The standard InChI is InChI=1S/C22H29N3O4S/c1-3-9-24(10-4-2)20(26)16-25-21(27)19(30-22(25)28)15-17-5-7-18(8-6-17)23-11-13-29-14-12-23/h5-8,15H,3-4,9-14,16H2,1-2H3/b19-15-. The number of anilines is 1. The second kappa shape index (κ2) is 10.6. The Morgan fingerprint density at radius 2 is 1.73 bits per heavy atom. The third kappa shape index (κ3) is 5.43. The van der Waals surface area contributed by atoms with E-state index in [1.54, 1.807) is 11.0 Å². The number of hydrogen-bond donors (Lipinski definition) is 0. The summed E-state index contributed by atoms with van der Waals surface area (Å²) in [7, 11) is 0. The van der Waals surface area contributed by atoms with E-state index < -0.39 is 11.1 Å². The van der Waals surface area contributed by atoms with Crippen LogP contribution in [0.25, 0.3) is 6.08 Å². The third-order valence-corrected chi connectivity index (χ3v) is 5.98. The summed E-state index contributed by atoms with van der Waals surface area (Å²) in [5.41, 5.74) is 1.96.